The summed E-state index contributed by atoms with van der Waals surface area (Å²) in [6, 6.07) is 8.41. The third-order valence-electron chi connectivity index (χ3n) is 14.6. The number of amides is 1. The maximum Gasteiger partial charge on any atom is 0.329 e. The molecule has 14 unspecified atom stereocenters. The highest BCUT2D eigenvalue weighted by Gasteiger charge is 2.56. The van der Waals surface area contributed by atoms with Crippen molar-refractivity contribution in [3.05, 3.63) is 59.2 Å². The molecule has 5 rings (SSSR count). The van der Waals surface area contributed by atoms with Crippen LogP contribution in [-0.4, -0.2) is 121 Å². The van der Waals surface area contributed by atoms with Crippen LogP contribution in [0.2, 0.25) is 0 Å². The lowest BCUT2D eigenvalue weighted by atomic mass is 9.82. The first-order valence-corrected chi connectivity index (χ1v) is 24.9. The van der Waals surface area contributed by atoms with E-state index in [0.29, 0.717) is 64.4 Å². The normalized spacial score (nSPS) is 36.4. The van der Waals surface area contributed by atoms with Gasteiger partial charge in [0.1, 0.15) is 30.1 Å². The first-order valence-electron chi connectivity index (χ1n) is 24.9. The minimum atomic E-state index is -2.48. The van der Waals surface area contributed by atoms with Gasteiger partial charge in [0, 0.05) is 45.6 Å². The highest BCUT2D eigenvalue weighted by molar-refractivity contribution is 6.39. The average Bonchev–Trinajstić information content (AvgIpc) is 3.32. The van der Waals surface area contributed by atoms with Crippen LogP contribution >= 0.6 is 0 Å². The minimum Gasteiger partial charge on any atom is -0.456 e. The fourth-order valence-electron chi connectivity index (χ4n) is 10.8. The third-order valence-corrected chi connectivity index (χ3v) is 14.6. The zero-order chi connectivity index (χ0) is 48.1. The fourth-order valence-corrected chi connectivity index (χ4v) is 10.8. The van der Waals surface area contributed by atoms with E-state index in [2.05, 4.69) is 26.0 Å². The zero-order valence-corrected chi connectivity index (χ0v) is 41.3. The summed E-state index contributed by atoms with van der Waals surface area (Å²) in [4.78, 5) is 58.5. The van der Waals surface area contributed by atoms with Crippen LogP contribution in [0.3, 0.4) is 0 Å². The molecule has 4 aliphatic rings. The molecule has 1 aliphatic carbocycles. The van der Waals surface area contributed by atoms with E-state index in [9.17, 15) is 29.4 Å². The molecule has 1 amide bonds. The molecule has 0 spiro atoms. The smallest absolute Gasteiger partial charge is 0.329 e. The minimum absolute atomic E-state index is 0.0752. The van der Waals surface area contributed by atoms with E-state index in [1.54, 1.807) is 21.1 Å². The van der Waals surface area contributed by atoms with Crippen molar-refractivity contribution in [2.45, 2.75) is 186 Å². The van der Waals surface area contributed by atoms with Gasteiger partial charge in [-0.05, 0) is 120 Å². The summed E-state index contributed by atoms with van der Waals surface area (Å²) in [5.74, 6) is -6.28. The van der Waals surface area contributed by atoms with E-state index in [-0.39, 0.29) is 67.7 Å². The molecular formula is C53H81NO12. The van der Waals surface area contributed by atoms with Gasteiger partial charge in [0.2, 0.25) is 5.79 Å². The first-order chi connectivity index (χ1) is 31.5. The summed E-state index contributed by atoms with van der Waals surface area (Å²) < 4.78 is 37.3. The Kier molecular flexibility index (Phi) is 20.6. The lowest BCUT2D eigenvalue weighted by Crippen LogP contribution is -2.64. The van der Waals surface area contributed by atoms with E-state index in [1.165, 1.54) is 4.90 Å². The standard InChI is InChI=1S/C53H81NO12/c1-10-25-63-45-31-38(21-23-44(45)64-32-43(56)40-17-13-12-14-18-40)29-36(6)48-35(5)20-22-42(55)39(11-2)27-33(3)26-34(4)28-46(61-8)49-47(62-9)30-37(7)53(60,66-49)50(57)51(58)54-24-16-15-19-41(54)52(59)65-48/h12-14,17-18,27,29,34-35,37-39,41,43-49,56,60H,10-11,15-16,19-26,28,30-32H2,1-9H3/b33-27+,36-29?. The number of ether oxygens (including phenoxy) is 6. The van der Waals surface area contributed by atoms with Crippen LogP contribution in [-0.2, 0) is 47.6 Å². The van der Waals surface area contributed by atoms with E-state index >= 15 is 0 Å². The Morgan fingerprint density at radius 3 is 2.30 bits per heavy atom. The maximum absolute atomic E-state index is 14.5. The monoisotopic (exact) mass is 924 g/mol. The Hall–Kier alpha value is -3.30. The quantitative estimate of drug-likeness (QED) is 0.118. The molecule has 3 heterocycles. The van der Waals surface area contributed by atoms with Gasteiger partial charge in [0.05, 0.1) is 31.0 Å². The second-order valence-corrected chi connectivity index (χ2v) is 19.9. The number of hydrogen-bond donors (Lipinski definition) is 2. The number of carbonyl (C=O) groups is 4. The Balaban J connectivity index is 1.44. The highest BCUT2D eigenvalue weighted by Crippen LogP contribution is 2.39. The van der Waals surface area contributed by atoms with E-state index < -0.39 is 65.9 Å². The number of cyclic esters (lactones) is 1. The summed E-state index contributed by atoms with van der Waals surface area (Å²) in [5.41, 5.74) is 2.71. The van der Waals surface area contributed by atoms with Gasteiger partial charge in [-0.1, -0.05) is 82.7 Å². The molecule has 2 bridgehead atoms. The van der Waals surface area contributed by atoms with Crippen molar-refractivity contribution in [1.82, 2.24) is 4.90 Å². The average molecular weight is 924 g/mol. The van der Waals surface area contributed by atoms with E-state index in [1.807, 2.05) is 58.0 Å². The number of carbonyl (C=O) groups excluding carboxylic acids is 4. The number of rotatable bonds is 12. The van der Waals surface area contributed by atoms with Crippen molar-refractivity contribution in [3.8, 4) is 0 Å². The van der Waals surface area contributed by atoms with Gasteiger partial charge in [-0.15, -0.1) is 0 Å². The van der Waals surface area contributed by atoms with Gasteiger partial charge in [-0.2, -0.15) is 0 Å². The van der Waals surface area contributed by atoms with Crippen molar-refractivity contribution in [2.24, 2.45) is 29.6 Å². The molecule has 13 nitrogen and oxygen atoms in total. The first kappa shape index (κ1) is 53.7. The van der Waals surface area contributed by atoms with Gasteiger partial charge >= 0.3 is 5.97 Å². The van der Waals surface area contributed by atoms with Gasteiger partial charge in [0.25, 0.3) is 11.7 Å². The van der Waals surface area contributed by atoms with Gasteiger partial charge in [-0.3, -0.25) is 14.4 Å². The van der Waals surface area contributed by atoms with Gasteiger partial charge < -0.3 is 43.5 Å². The van der Waals surface area contributed by atoms with Crippen LogP contribution in [0, 0.1) is 29.6 Å². The molecule has 0 aromatic heterocycles. The molecule has 1 aromatic rings. The van der Waals surface area contributed by atoms with Crippen LogP contribution in [0.25, 0.3) is 0 Å². The van der Waals surface area contributed by atoms with Gasteiger partial charge in [-0.25, -0.2) is 4.79 Å². The molecule has 1 saturated carbocycles. The number of allylic oxidation sites excluding steroid dienone is 3. The molecule has 14 atom stereocenters. The maximum atomic E-state index is 14.5. The second kappa shape index (κ2) is 25.3. The molecule has 3 fully saturated rings. The number of ketones is 2. The number of hydrogen-bond acceptors (Lipinski definition) is 12. The Bertz CT molecular complexity index is 1800. The number of methoxy groups -OCH3 is 2. The molecular weight excluding hydrogens is 843 g/mol. The third kappa shape index (κ3) is 13.7. The Morgan fingerprint density at radius 2 is 1.62 bits per heavy atom. The zero-order valence-electron chi connectivity index (χ0n) is 41.3. The van der Waals surface area contributed by atoms with Crippen molar-refractivity contribution in [3.63, 3.8) is 0 Å². The predicted molar refractivity (Wildman–Crippen MR) is 251 cm³/mol. The molecule has 0 radical (unpaired) electrons. The molecule has 3 aliphatic heterocycles. The van der Waals surface area contributed by atoms with Crippen molar-refractivity contribution >= 4 is 23.4 Å². The topological polar surface area (TPSA) is 167 Å². The fraction of sp³-hybridized carbons (Fsp3) is 0.736. The molecule has 370 valence electrons. The molecule has 66 heavy (non-hydrogen) atoms. The summed E-state index contributed by atoms with van der Waals surface area (Å²) in [7, 11) is 3.11. The predicted octanol–water partition coefficient (Wildman–Crippen LogP) is 8.04. The van der Waals surface area contributed by atoms with Crippen LogP contribution in [0.15, 0.2) is 53.6 Å². The molecule has 2 saturated heterocycles. The lowest BCUT2D eigenvalue weighted by molar-refractivity contribution is -0.302. The number of Topliss-reactive ketones (excluding diaryl/α,β-unsaturated/α-hetero) is 2. The van der Waals surface area contributed by atoms with Crippen LogP contribution in [0.1, 0.15) is 144 Å². The summed E-state index contributed by atoms with van der Waals surface area (Å²) >= 11 is 0. The van der Waals surface area contributed by atoms with Crippen molar-refractivity contribution in [1.29, 1.82) is 0 Å². The number of fused-ring (bicyclic) bond motifs is 3. The van der Waals surface area contributed by atoms with E-state index in [0.717, 1.165) is 29.6 Å². The number of piperidine rings is 1. The molecule has 1 aromatic carbocycles. The van der Waals surface area contributed by atoms with Crippen LogP contribution in [0.5, 0.6) is 0 Å². The SMILES string of the molecule is CCCOC1CC(C=C(C)C2OC(=O)C3CCCCN3C(=O)C(=O)C3(O)OC(C(OC)CC(C)C/C(C)=C/C(CC)C(=O)CCC2C)C(OC)CC3C)CCC1OCC(O)c1ccccc1. The molecule has 2 N–H and O–H groups in total. The summed E-state index contributed by atoms with van der Waals surface area (Å²) in [5, 5.41) is 23.0. The Labute approximate surface area is 394 Å². The number of esters is 1. The number of benzene rings is 1. The highest BCUT2D eigenvalue weighted by atomic mass is 16.7. The number of aliphatic hydroxyl groups excluding tert-OH is 1. The largest absolute Gasteiger partial charge is 0.456 e. The number of aliphatic hydroxyl groups is 2. The van der Waals surface area contributed by atoms with E-state index in [4.69, 9.17) is 28.4 Å². The summed E-state index contributed by atoms with van der Waals surface area (Å²) in [6.45, 7) is 14.7. The van der Waals surface area contributed by atoms with Crippen LogP contribution < -0.4 is 0 Å². The van der Waals surface area contributed by atoms with Crippen molar-refractivity contribution in [2.75, 3.05) is 34.0 Å². The van der Waals surface area contributed by atoms with Gasteiger partial charge in [0.15, 0.2) is 0 Å². The lowest BCUT2D eigenvalue weighted by Gasteiger charge is -2.47. The molecule has 13 heteroatoms. The van der Waals surface area contributed by atoms with Crippen LogP contribution in [0.4, 0.5) is 0 Å². The van der Waals surface area contributed by atoms with Crippen molar-refractivity contribution < 1.29 is 57.8 Å². The second-order valence-electron chi connectivity index (χ2n) is 19.9. The number of nitrogens with zero attached hydrogens (tertiary/aromatic N) is 1. The Morgan fingerprint density at radius 1 is 0.909 bits per heavy atom. The summed E-state index contributed by atoms with van der Waals surface area (Å²) in [6.07, 6.45) is 7.77.